The Morgan fingerprint density at radius 3 is 2.81 bits per heavy atom. The zero-order valence-electron chi connectivity index (χ0n) is 9.71. The van der Waals surface area contributed by atoms with E-state index in [0.29, 0.717) is 6.54 Å². The number of hydrogen-bond donors (Lipinski definition) is 1. The highest BCUT2D eigenvalue weighted by atomic mass is 35.5. The Bertz CT molecular complexity index is 379. The quantitative estimate of drug-likeness (QED) is 0.824. The molecule has 4 heteroatoms. The summed E-state index contributed by atoms with van der Waals surface area (Å²) < 4.78 is 4.64. The van der Waals surface area contributed by atoms with E-state index in [-0.39, 0.29) is 11.9 Å². The molecule has 0 bridgehead atoms. The van der Waals surface area contributed by atoms with Crippen LogP contribution in [-0.2, 0) is 9.53 Å². The van der Waals surface area contributed by atoms with Crippen LogP contribution >= 0.6 is 11.6 Å². The third-order valence-electron chi connectivity index (χ3n) is 2.39. The van der Waals surface area contributed by atoms with E-state index >= 15 is 0 Å². The Kier molecular flexibility index (Phi) is 4.62. The topological polar surface area (TPSA) is 38.3 Å². The van der Waals surface area contributed by atoms with E-state index in [1.54, 1.807) is 0 Å². The van der Waals surface area contributed by atoms with E-state index in [2.05, 4.69) is 10.1 Å². The molecule has 16 heavy (non-hydrogen) atoms. The first-order valence-corrected chi connectivity index (χ1v) is 5.50. The molecule has 0 spiro atoms. The molecule has 0 aliphatic heterocycles. The third-order valence-corrected chi connectivity index (χ3v) is 2.79. The molecule has 1 aromatic carbocycles. The summed E-state index contributed by atoms with van der Waals surface area (Å²) in [5.74, 6) is -0.393. The summed E-state index contributed by atoms with van der Waals surface area (Å²) in [4.78, 5) is 11.2. The van der Waals surface area contributed by atoms with Gasteiger partial charge in [-0.25, -0.2) is 0 Å². The number of carbonyl (C=O) groups excluding carboxylic acids is 1. The van der Waals surface area contributed by atoms with Crippen LogP contribution in [0.3, 0.4) is 0 Å². The van der Waals surface area contributed by atoms with E-state index in [0.717, 1.165) is 16.3 Å². The van der Waals surface area contributed by atoms with Crippen molar-refractivity contribution in [2.45, 2.75) is 13.8 Å². The number of methoxy groups -OCH3 is 1. The maximum atomic E-state index is 11.2. The van der Waals surface area contributed by atoms with Crippen LogP contribution in [0.4, 0.5) is 5.69 Å². The fourth-order valence-electron chi connectivity index (χ4n) is 1.26. The fraction of sp³-hybridized carbons (Fsp3) is 0.417. The van der Waals surface area contributed by atoms with Gasteiger partial charge in [0.1, 0.15) is 0 Å². The summed E-state index contributed by atoms with van der Waals surface area (Å²) in [7, 11) is 1.39. The van der Waals surface area contributed by atoms with Crippen LogP contribution in [0.1, 0.15) is 12.5 Å². The van der Waals surface area contributed by atoms with E-state index < -0.39 is 0 Å². The van der Waals surface area contributed by atoms with E-state index in [4.69, 9.17) is 11.6 Å². The normalized spacial score (nSPS) is 12.0. The number of rotatable bonds is 4. The van der Waals surface area contributed by atoms with Gasteiger partial charge in [0.15, 0.2) is 0 Å². The molecular weight excluding hydrogens is 226 g/mol. The van der Waals surface area contributed by atoms with Crippen LogP contribution < -0.4 is 5.32 Å². The second kappa shape index (κ2) is 5.75. The van der Waals surface area contributed by atoms with Crippen LogP contribution in [0.15, 0.2) is 18.2 Å². The van der Waals surface area contributed by atoms with Gasteiger partial charge < -0.3 is 10.1 Å². The fourth-order valence-corrected chi connectivity index (χ4v) is 1.44. The van der Waals surface area contributed by atoms with Crippen molar-refractivity contribution >= 4 is 23.3 Å². The van der Waals surface area contributed by atoms with E-state index in [1.165, 1.54) is 7.11 Å². The predicted octanol–water partition coefficient (Wildman–Crippen LogP) is 2.87. The smallest absolute Gasteiger partial charge is 0.310 e. The first-order valence-electron chi connectivity index (χ1n) is 5.12. The average Bonchev–Trinajstić information content (AvgIpc) is 2.29. The van der Waals surface area contributed by atoms with Crippen molar-refractivity contribution in [1.82, 2.24) is 0 Å². The van der Waals surface area contributed by atoms with Crippen molar-refractivity contribution in [3.05, 3.63) is 28.8 Å². The largest absolute Gasteiger partial charge is 0.469 e. The summed E-state index contributed by atoms with van der Waals surface area (Å²) in [5, 5.41) is 3.86. The van der Waals surface area contributed by atoms with Gasteiger partial charge in [-0.2, -0.15) is 0 Å². The average molecular weight is 242 g/mol. The Morgan fingerprint density at radius 1 is 1.56 bits per heavy atom. The summed E-state index contributed by atoms with van der Waals surface area (Å²) in [5.41, 5.74) is 1.94. The van der Waals surface area contributed by atoms with Crippen molar-refractivity contribution in [2.24, 2.45) is 5.92 Å². The number of ether oxygens (including phenoxy) is 1. The highest BCUT2D eigenvalue weighted by Gasteiger charge is 2.12. The molecule has 1 atom stereocenters. The van der Waals surface area contributed by atoms with E-state index in [1.807, 2.05) is 32.0 Å². The van der Waals surface area contributed by atoms with Crippen LogP contribution in [0.25, 0.3) is 0 Å². The number of halogens is 1. The summed E-state index contributed by atoms with van der Waals surface area (Å²) >= 11 is 5.99. The number of esters is 1. The molecule has 88 valence electrons. The Hall–Kier alpha value is -1.22. The highest BCUT2D eigenvalue weighted by molar-refractivity contribution is 6.31. The standard InChI is InChI=1S/C12H16ClNO2/c1-8-4-5-10(6-11(8)13)14-7-9(2)12(15)16-3/h4-6,9,14H,7H2,1-3H3. The van der Waals surface area contributed by atoms with Gasteiger partial charge in [-0.15, -0.1) is 0 Å². The molecule has 1 aromatic rings. The molecule has 1 rings (SSSR count). The minimum absolute atomic E-state index is 0.176. The number of aryl methyl sites for hydroxylation is 1. The van der Waals surface area contributed by atoms with Gasteiger partial charge in [0, 0.05) is 17.3 Å². The van der Waals surface area contributed by atoms with Crippen LogP contribution in [0, 0.1) is 12.8 Å². The number of hydrogen-bond acceptors (Lipinski definition) is 3. The Labute approximate surface area is 101 Å². The maximum Gasteiger partial charge on any atom is 0.310 e. The SMILES string of the molecule is COC(=O)C(C)CNc1ccc(C)c(Cl)c1. The van der Waals surface area contributed by atoms with Crippen LogP contribution in [-0.4, -0.2) is 19.6 Å². The van der Waals surface area contributed by atoms with Crippen molar-refractivity contribution < 1.29 is 9.53 Å². The monoisotopic (exact) mass is 241 g/mol. The summed E-state index contributed by atoms with van der Waals surface area (Å²) in [6.07, 6.45) is 0. The van der Waals surface area contributed by atoms with Gasteiger partial charge in [-0.1, -0.05) is 24.6 Å². The zero-order chi connectivity index (χ0) is 12.1. The van der Waals surface area contributed by atoms with Gasteiger partial charge in [0.25, 0.3) is 0 Å². The molecule has 0 heterocycles. The minimum atomic E-state index is -0.217. The molecule has 0 aliphatic carbocycles. The second-order valence-electron chi connectivity index (χ2n) is 3.77. The van der Waals surface area contributed by atoms with Gasteiger partial charge >= 0.3 is 5.97 Å². The van der Waals surface area contributed by atoms with Gasteiger partial charge in [0.05, 0.1) is 13.0 Å². The van der Waals surface area contributed by atoms with Crippen LogP contribution in [0.5, 0.6) is 0 Å². The molecule has 0 radical (unpaired) electrons. The number of anilines is 1. The Morgan fingerprint density at radius 2 is 2.25 bits per heavy atom. The predicted molar refractivity (Wildman–Crippen MR) is 65.9 cm³/mol. The zero-order valence-corrected chi connectivity index (χ0v) is 10.5. The molecule has 1 N–H and O–H groups in total. The third kappa shape index (κ3) is 3.42. The lowest BCUT2D eigenvalue weighted by atomic mass is 10.1. The molecule has 3 nitrogen and oxygen atoms in total. The van der Waals surface area contributed by atoms with Crippen LogP contribution in [0.2, 0.25) is 5.02 Å². The first-order chi connectivity index (χ1) is 7.54. The van der Waals surface area contributed by atoms with Crippen molar-refractivity contribution in [2.75, 3.05) is 19.0 Å². The lowest BCUT2D eigenvalue weighted by Crippen LogP contribution is -2.21. The molecule has 1 unspecified atom stereocenters. The van der Waals surface area contributed by atoms with Crippen molar-refractivity contribution in [3.63, 3.8) is 0 Å². The van der Waals surface area contributed by atoms with Gasteiger partial charge in [-0.3, -0.25) is 4.79 Å². The van der Waals surface area contributed by atoms with Gasteiger partial charge in [0.2, 0.25) is 0 Å². The molecule has 0 aliphatic rings. The Balaban J connectivity index is 2.55. The second-order valence-corrected chi connectivity index (χ2v) is 4.18. The lowest BCUT2D eigenvalue weighted by molar-refractivity contribution is -0.144. The number of benzene rings is 1. The molecule has 0 saturated heterocycles. The summed E-state index contributed by atoms with van der Waals surface area (Å²) in [6, 6.07) is 5.72. The highest BCUT2D eigenvalue weighted by Crippen LogP contribution is 2.20. The molecule has 0 amide bonds. The maximum absolute atomic E-state index is 11.2. The van der Waals surface area contributed by atoms with Crippen molar-refractivity contribution in [3.8, 4) is 0 Å². The minimum Gasteiger partial charge on any atom is -0.469 e. The van der Waals surface area contributed by atoms with Crippen molar-refractivity contribution in [1.29, 1.82) is 0 Å². The summed E-state index contributed by atoms with van der Waals surface area (Å²) in [6.45, 7) is 4.30. The molecule has 0 saturated carbocycles. The number of nitrogens with one attached hydrogen (secondary N) is 1. The molecular formula is C12H16ClNO2. The van der Waals surface area contributed by atoms with E-state index in [9.17, 15) is 4.79 Å². The molecule has 0 aromatic heterocycles. The number of carbonyl (C=O) groups is 1. The first kappa shape index (κ1) is 12.8. The molecule has 0 fully saturated rings. The van der Waals surface area contributed by atoms with Gasteiger partial charge in [-0.05, 0) is 24.6 Å². The lowest BCUT2D eigenvalue weighted by Gasteiger charge is -2.12.